The minimum Gasteiger partial charge on any atom is -0.457 e. The lowest BCUT2D eigenvalue weighted by Crippen LogP contribution is -2.06. The van der Waals surface area contributed by atoms with Crippen molar-refractivity contribution in [2.24, 2.45) is 0 Å². The van der Waals surface area contributed by atoms with E-state index in [1.807, 2.05) is 60.7 Å². The number of halogens is 2. The molecule has 0 aliphatic carbocycles. The van der Waals surface area contributed by atoms with Gasteiger partial charge in [0.05, 0.1) is 21.0 Å². The minimum absolute atomic E-state index is 0.0189. The van der Waals surface area contributed by atoms with Crippen LogP contribution >= 0.6 is 23.2 Å². The summed E-state index contributed by atoms with van der Waals surface area (Å²) in [7, 11) is 0. The Balaban J connectivity index is 0.000000220. The predicted octanol–water partition coefficient (Wildman–Crippen LogP) is 7.21. The van der Waals surface area contributed by atoms with Gasteiger partial charge >= 0.3 is 11.9 Å². The second-order valence-electron chi connectivity index (χ2n) is 7.97. The minimum atomic E-state index is -0.643. The fourth-order valence-electron chi connectivity index (χ4n) is 3.17. The summed E-state index contributed by atoms with van der Waals surface area (Å²) in [6, 6.07) is 25.9. The Morgan fingerprint density at radius 3 is 1.27 bits per heavy atom. The van der Waals surface area contributed by atoms with Crippen LogP contribution in [-0.4, -0.2) is 21.8 Å². The summed E-state index contributed by atoms with van der Waals surface area (Å²) >= 11 is 11.4. The Hall–Kier alpha value is -4.80. The quantitative estimate of drug-likeness (QED) is 0.120. The third kappa shape index (κ3) is 8.62. The van der Waals surface area contributed by atoms with Crippen LogP contribution in [0.1, 0.15) is 31.8 Å². The van der Waals surface area contributed by atoms with Crippen LogP contribution in [0.5, 0.6) is 0 Å². The van der Waals surface area contributed by atoms with Crippen LogP contribution in [0.2, 0.25) is 10.0 Å². The third-order valence-corrected chi connectivity index (χ3v) is 5.82. The van der Waals surface area contributed by atoms with Gasteiger partial charge in [0.2, 0.25) is 0 Å². The van der Waals surface area contributed by atoms with Crippen molar-refractivity contribution in [1.29, 1.82) is 0 Å². The Bertz CT molecular complexity index is 1400. The smallest absolute Gasteiger partial charge is 0.338 e. The Labute approximate surface area is 238 Å². The van der Waals surface area contributed by atoms with Crippen molar-refractivity contribution in [3.8, 4) is 0 Å². The monoisotopic (exact) mass is 582 g/mol. The van der Waals surface area contributed by atoms with E-state index in [4.69, 9.17) is 32.7 Å². The zero-order valence-electron chi connectivity index (χ0n) is 20.6. The third-order valence-electron chi connectivity index (χ3n) is 5.18. The predicted molar refractivity (Wildman–Crippen MR) is 147 cm³/mol. The summed E-state index contributed by atoms with van der Waals surface area (Å²) in [6.07, 6.45) is 0. The van der Waals surface area contributed by atoms with E-state index in [2.05, 4.69) is 0 Å². The first-order chi connectivity index (χ1) is 19.2. The Kier molecular flexibility index (Phi) is 10.7. The molecule has 0 amide bonds. The molecule has 0 spiro atoms. The highest BCUT2D eigenvalue weighted by molar-refractivity contribution is 6.33. The van der Waals surface area contributed by atoms with Crippen LogP contribution in [0.4, 0.5) is 11.4 Å². The van der Waals surface area contributed by atoms with Crippen molar-refractivity contribution < 1.29 is 28.9 Å². The lowest BCUT2D eigenvalue weighted by atomic mass is 10.2. The molecular weight excluding hydrogens is 563 g/mol. The first-order valence-corrected chi connectivity index (χ1v) is 12.2. The molecular formula is C28H20Cl2N2O8. The van der Waals surface area contributed by atoms with Crippen molar-refractivity contribution in [3.63, 3.8) is 0 Å². The van der Waals surface area contributed by atoms with Gasteiger partial charge in [0.1, 0.15) is 23.3 Å². The lowest BCUT2D eigenvalue weighted by molar-refractivity contribution is -0.384. The van der Waals surface area contributed by atoms with Gasteiger partial charge in [-0.15, -0.1) is 0 Å². The molecule has 0 aliphatic heterocycles. The highest BCUT2D eigenvalue weighted by Gasteiger charge is 2.18. The van der Waals surface area contributed by atoms with Crippen molar-refractivity contribution in [1.82, 2.24) is 0 Å². The van der Waals surface area contributed by atoms with E-state index in [0.717, 1.165) is 23.3 Å². The molecule has 0 heterocycles. The number of nitro groups is 2. The summed E-state index contributed by atoms with van der Waals surface area (Å²) in [5.74, 6) is -1.26. The highest BCUT2D eigenvalue weighted by Crippen LogP contribution is 2.26. The van der Waals surface area contributed by atoms with Crippen LogP contribution in [0.25, 0.3) is 0 Å². The fourth-order valence-corrected chi connectivity index (χ4v) is 3.55. The summed E-state index contributed by atoms with van der Waals surface area (Å²) in [4.78, 5) is 43.8. The molecule has 0 saturated carbocycles. The number of esters is 2. The highest BCUT2D eigenvalue weighted by atomic mass is 35.5. The van der Waals surface area contributed by atoms with Gasteiger partial charge in [0.15, 0.2) is 0 Å². The molecule has 0 atom stereocenters. The normalized spacial score (nSPS) is 10.1. The molecule has 4 aromatic rings. The number of hydrogen-bond acceptors (Lipinski definition) is 8. The average Bonchev–Trinajstić information content (AvgIpc) is 2.96. The molecule has 0 unspecified atom stereocenters. The van der Waals surface area contributed by atoms with Gasteiger partial charge in [-0.25, -0.2) is 9.59 Å². The molecule has 0 fully saturated rings. The zero-order chi connectivity index (χ0) is 29.1. The van der Waals surface area contributed by atoms with E-state index < -0.39 is 21.8 Å². The van der Waals surface area contributed by atoms with E-state index >= 15 is 0 Å². The van der Waals surface area contributed by atoms with Gasteiger partial charge in [-0.05, 0) is 35.4 Å². The number of nitro benzene ring substituents is 2. The number of nitrogens with zero attached hydrogens (tertiary/aromatic N) is 2. The van der Waals surface area contributed by atoms with Gasteiger partial charge in [0, 0.05) is 12.1 Å². The molecule has 0 aliphatic rings. The van der Waals surface area contributed by atoms with Gasteiger partial charge in [-0.1, -0.05) is 83.9 Å². The van der Waals surface area contributed by atoms with Crippen molar-refractivity contribution in [2.45, 2.75) is 13.2 Å². The molecule has 4 aromatic carbocycles. The SMILES string of the molecule is O=C(OCc1ccccc1)c1ccc(Cl)c([N+](=O)[O-])c1.O=C(OCc1ccccc1)c1ccc(Cl)c([N+](=O)[O-])c1. The van der Waals surface area contributed by atoms with Crippen molar-refractivity contribution in [3.05, 3.63) is 150 Å². The van der Waals surface area contributed by atoms with Crippen LogP contribution in [-0.2, 0) is 22.7 Å². The van der Waals surface area contributed by atoms with Crippen molar-refractivity contribution in [2.75, 3.05) is 0 Å². The average molecular weight is 583 g/mol. The number of benzene rings is 4. The molecule has 4 rings (SSSR count). The maximum absolute atomic E-state index is 11.8. The van der Waals surface area contributed by atoms with Gasteiger partial charge in [-0.3, -0.25) is 20.2 Å². The van der Waals surface area contributed by atoms with E-state index in [1.165, 1.54) is 24.3 Å². The first kappa shape index (κ1) is 29.8. The number of carbonyl (C=O) groups excluding carboxylic acids is 2. The topological polar surface area (TPSA) is 139 Å². The largest absolute Gasteiger partial charge is 0.457 e. The summed E-state index contributed by atoms with van der Waals surface area (Å²) in [5.41, 5.74) is 1.23. The van der Waals surface area contributed by atoms with Gasteiger partial charge < -0.3 is 9.47 Å². The maximum Gasteiger partial charge on any atom is 0.338 e. The molecule has 0 bridgehead atoms. The van der Waals surface area contributed by atoms with Gasteiger partial charge in [0.25, 0.3) is 11.4 Å². The number of carbonyl (C=O) groups is 2. The zero-order valence-corrected chi connectivity index (χ0v) is 22.1. The summed E-state index contributed by atoms with van der Waals surface area (Å²) < 4.78 is 10.2. The number of ether oxygens (including phenoxy) is 2. The second-order valence-corrected chi connectivity index (χ2v) is 8.78. The van der Waals surface area contributed by atoms with Crippen LogP contribution in [0, 0.1) is 20.2 Å². The Morgan fingerprint density at radius 2 is 0.950 bits per heavy atom. The molecule has 0 saturated heterocycles. The van der Waals surface area contributed by atoms with Crippen LogP contribution < -0.4 is 0 Å². The van der Waals surface area contributed by atoms with Crippen molar-refractivity contribution >= 4 is 46.5 Å². The molecule has 12 heteroatoms. The van der Waals surface area contributed by atoms with E-state index in [0.29, 0.717) is 0 Å². The van der Waals surface area contributed by atoms with E-state index in [9.17, 15) is 29.8 Å². The molecule has 204 valence electrons. The maximum atomic E-state index is 11.8. The second kappa shape index (κ2) is 14.4. The Morgan fingerprint density at radius 1 is 0.600 bits per heavy atom. The molecule has 0 radical (unpaired) electrons. The standard InChI is InChI=1S/2C14H10ClNO4/c2*15-12-7-6-11(8-13(12)16(18)19)14(17)20-9-10-4-2-1-3-5-10/h2*1-8H,9H2. The summed E-state index contributed by atoms with van der Waals surface area (Å²) in [6.45, 7) is 0.214. The molecule has 40 heavy (non-hydrogen) atoms. The molecule has 0 N–H and O–H groups in total. The summed E-state index contributed by atoms with van der Waals surface area (Å²) in [5, 5.41) is 21.5. The van der Waals surface area contributed by atoms with Crippen LogP contribution in [0.15, 0.2) is 97.1 Å². The van der Waals surface area contributed by atoms with E-state index in [1.54, 1.807) is 0 Å². The molecule has 0 aromatic heterocycles. The fraction of sp³-hybridized carbons (Fsp3) is 0.0714. The first-order valence-electron chi connectivity index (χ1n) is 11.5. The number of rotatable bonds is 8. The molecule has 10 nitrogen and oxygen atoms in total. The van der Waals surface area contributed by atoms with E-state index in [-0.39, 0.29) is 45.8 Å². The lowest BCUT2D eigenvalue weighted by Gasteiger charge is -2.05. The van der Waals surface area contributed by atoms with Gasteiger partial charge in [-0.2, -0.15) is 0 Å². The van der Waals surface area contributed by atoms with Crippen LogP contribution in [0.3, 0.4) is 0 Å². The number of hydrogen-bond donors (Lipinski definition) is 0.